The van der Waals surface area contributed by atoms with Crippen LogP contribution in [0.25, 0.3) is 10.6 Å². The monoisotopic (exact) mass is 354 g/mol. The first kappa shape index (κ1) is 17.2. The van der Waals surface area contributed by atoms with Gasteiger partial charge in [0.2, 0.25) is 11.0 Å². The Kier molecular flexibility index (Phi) is 5.81. The molecule has 0 aliphatic carbocycles. The molecule has 0 spiro atoms. The maximum absolute atomic E-state index is 12.8. The number of pyridine rings is 1. The van der Waals surface area contributed by atoms with Crippen molar-refractivity contribution >= 4 is 22.4 Å². The lowest BCUT2D eigenvalue weighted by Crippen LogP contribution is -2.35. The van der Waals surface area contributed by atoms with Gasteiger partial charge in [-0.3, -0.25) is 14.7 Å². The van der Waals surface area contributed by atoms with E-state index >= 15 is 0 Å². The van der Waals surface area contributed by atoms with Crippen molar-refractivity contribution in [2.45, 2.75) is 6.42 Å². The highest BCUT2D eigenvalue weighted by Crippen LogP contribution is 2.28. The van der Waals surface area contributed by atoms with Crippen LogP contribution in [-0.4, -0.2) is 41.3 Å². The molecule has 0 aliphatic rings. The lowest BCUT2D eigenvalue weighted by molar-refractivity contribution is -0.118. The van der Waals surface area contributed by atoms with E-state index < -0.39 is 0 Å². The molecule has 128 valence electrons. The second-order valence-corrected chi connectivity index (χ2v) is 6.29. The summed E-state index contributed by atoms with van der Waals surface area (Å²) in [6, 6.07) is 13.4. The van der Waals surface area contributed by atoms with Crippen molar-refractivity contribution in [3.8, 4) is 10.6 Å². The zero-order valence-electron chi connectivity index (χ0n) is 13.8. The van der Waals surface area contributed by atoms with Gasteiger partial charge in [-0.25, -0.2) is 0 Å². The van der Waals surface area contributed by atoms with Gasteiger partial charge in [0, 0.05) is 25.1 Å². The number of aromatic nitrogens is 3. The number of benzene rings is 1. The van der Waals surface area contributed by atoms with Crippen LogP contribution < -0.4 is 4.90 Å². The molecule has 6 nitrogen and oxygen atoms in total. The number of anilines is 1. The molecule has 0 aliphatic heterocycles. The van der Waals surface area contributed by atoms with Crippen LogP contribution in [0.5, 0.6) is 0 Å². The van der Waals surface area contributed by atoms with Crippen molar-refractivity contribution in [3.05, 3.63) is 60.4 Å². The number of hydrogen-bond acceptors (Lipinski definition) is 6. The molecule has 2 aromatic heterocycles. The van der Waals surface area contributed by atoms with E-state index in [1.54, 1.807) is 24.4 Å². The number of carbonyl (C=O) groups is 1. The van der Waals surface area contributed by atoms with Gasteiger partial charge in [0.15, 0.2) is 5.01 Å². The third-order valence-electron chi connectivity index (χ3n) is 3.57. The second kappa shape index (κ2) is 8.46. The Morgan fingerprint density at radius 2 is 2.00 bits per heavy atom. The van der Waals surface area contributed by atoms with E-state index in [0.717, 1.165) is 16.1 Å². The summed E-state index contributed by atoms with van der Waals surface area (Å²) >= 11 is 1.37. The number of nitrogens with zero attached hydrogens (tertiary/aromatic N) is 4. The lowest BCUT2D eigenvalue weighted by atomic mass is 10.1. The van der Waals surface area contributed by atoms with Gasteiger partial charge in [0.25, 0.3) is 0 Å². The van der Waals surface area contributed by atoms with E-state index in [4.69, 9.17) is 4.74 Å². The summed E-state index contributed by atoms with van der Waals surface area (Å²) in [5.74, 6) is -0.0304. The normalized spacial score (nSPS) is 10.6. The van der Waals surface area contributed by atoms with Gasteiger partial charge < -0.3 is 4.74 Å². The number of methoxy groups -OCH3 is 1. The molecule has 2 heterocycles. The smallest absolute Gasteiger partial charge is 0.233 e. The standard InChI is InChI=1S/C18H18N4O2S/c1-24-11-10-22(16(23)12-14-6-3-2-4-7-14)18-21-20-17(25-18)15-8-5-9-19-13-15/h2-9,13H,10-12H2,1H3. The molecular formula is C18H18N4O2S. The predicted octanol–water partition coefficient (Wildman–Crippen LogP) is 2.82. The highest BCUT2D eigenvalue weighted by molar-refractivity contribution is 7.18. The Bertz CT molecular complexity index is 808. The summed E-state index contributed by atoms with van der Waals surface area (Å²) in [5, 5.41) is 9.70. The van der Waals surface area contributed by atoms with Crippen LogP contribution in [0.15, 0.2) is 54.9 Å². The lowest BCUT2D eigenvalue weighted by Gasteiger charge is -2.19. The zero-order chi connectivity index (χ0) is 17.5. The fraction of sp³-hybridized carbons (Fsp3) is 0.222. The highest BCUT2D eigenvalue weighted by atomic mass is 32.1. The van der Waals surface area contributed by atoms with E-state index in [2.05, 4.69) is 15.2 Å². The van der Waals surface area contributed by atoms with Gasteiger partial charge in [-0.2, -0.15) is 0 Å². The molecule has 0 N–H and O–H groups in total. The third-order valence-corrected chi connectivity index (χ3v) is 4.57. The van der Waals surface area contributed by atoms with E-state index in [0.29, 0.717) is 24.7 Å². The minimum Gasteiger partial charge on any atom is -0.383 e. The summed E-state index contributed by atoms with van der Waals surface area (Å²) in [5.41, 5.74) is 1.85. The van der Waals surface area contributed by atoms with Crippen molar-refractivity contribution < 1.29 is 9.53 Å². The summed E-state index contributed by atoms with van der Waals surface area (Å²) in [4.78, 5) is 18.5. The second-order valence-electron chi connectivity index (χ2n) is 5.33. The minimum atomic E-state index is -0.0304. The molecule has 0 bridgehead atoms. The van der Waals surface area contributed by atoms with Gasteiger partial charge in [-0.15, -0.1) is 10.2 Å². The first-order valence-corrected chi connectivity index (χ1v) is 8.66. The number of hydrogen-bond donors (Lipinski definition) is 0. The van der Waals surface area contributed by atoms with Gasteiger partial charge in [0.05, 0.1) is 19.6 Å². The van der Waals surface area contributed by atoms with Gasteiger partial charge in [-0.1, -0.05) is 41.7 Å². The number of ether oxygens (including phenoxy) is 1. The summed E-state index contributed by atoms with van der Waals surface area (Å²) < 4.78 is 5.14. The maximum atomic E-state index is 12.8. The number of rotatable bonds is 7. The van der Waals surface area contributed by atoms with Crippen molar-refractivity contribution in [3.63, 3.8) is 0 Å². The Labute approximate surface area is 150 Å². The molecule has 0 atom stereocenters. The molecule has 25 heavy (non-hydrogen) atoms. The average molecular weight is 354 g/mol. The number of carbonyl (C=O) groups excluding carboxylic acids is 1. The Balaban J connectivity index is 1.81. The van der Waals surface area contributed by atoms with Crippen LogP contribution in [0.3, 0.4) is 0 Å². The molecular weight excluding hydrogens is 336 g/mol. The van der Waals surface area contributed by atoms with Crippen LogP contribution in [0.2, 0.25) is 0 Å². The summed E-state index contributed by atoms with van der Waals surface area (Å²) in [7, 11) is 1.61. The van der Waals surface area contributed by atoms with Crippen molar-refractivity contribution in [2.24, 2.45) is 0 Å². The summed E-state index contributed by atoms with van der Waals surface area (Å²) in [6.07, 6.45) is 3.75. The molecule has 3 rings (SSSR count). The van der Waals surface area contributed by atoms with Crippen LogP contribution >= 0.6 is 11.3 Å². The molecule has 0 radical (unpaired) electrons. The molecule has 0 unspecified atom stereocenters. The first-order valence-electron chi connectivity index (χ1n) is 7.85. The van der Waals surface area contributed by atoms with Gasteiger partial charge >= 0.3 is 0 Å². The van der Waals surface area contributed by atoms with Gasteiger partial charge in [-0.05, 0) is 17.7 Å². The van der Waals surface area contributed by atoms with Crippen molar-refractivity contribution in [1.82, 2.24) is 15.2 Å². The Hall–Kier alpha value is -2.64. The zero-order valence-corrected chi connectivity index (χ0v) is 14.6. The van der Waals surface area contributed by atoms with E-state index in [9.17, 15) is 4.79 Å². The quantitative estimate of drug-likeness (QED) is 0.653. The molecule has 7 heteroatoms. The predicted molar refractivity (Wildman–Crippen MR) is 97.5 cm³/mol. The van der Waals surface area contributed by atoms with E-state index in [-0.39, 0.29) is 5.91 Å². The van der Waals surface area contributed by atoms with E-state index in [1.807, 2.05) is 42.5 Å². The van der Waals surface area contributed by atoms with Crippen LogP contribution in [0, 0.1) is 0 Å². The summed E-state index contributed by atoms with van der Waals surface area (Å²) in [6.45, 7) is 0.867. The average Bonchev–Trinajstić information content (AvgIpc) is 3.13. The topological polar surface area (TPSA) is 68.2 Å². The van der Waals surface area contributed by atoms with Crippen LogP contribution in [-0.2, 0) is 16.0 Å². The SMILES string of the molecule is COCCN(C(=O)Cc1ccccc1)c1nnc(-c2cccnc2)s1. The fourth-order valence-corrected chi connectivity index (χ4v) is 3.18. The van der Waals surface area contributed by atoms with Crippen LogP contribution in [0.4, 0.5) is 5.13 Å². The Morgan fingerprint density at radius 3 is 2.72 bits per heavy atom. The molecule has 0 saturated carbocycles. The molecule has 0 saturated heterocycles. The third kappa shape index (κ3) is 4.46. The molecule has 1 aromatic carbocycles. The highest BCUT2D eigenvalue weighted by Gasteiger charge is 2.20. The molecule has 0 fully saturated rings. The largest absolute Gasteiger partial charge is 0.383 e. The fourth-order valence-electron chi connectivity index (χ4n) is 2.31. The van der Waals surface area contributed by atoms with Crippen molar-refractivity contribution in [1.29, 1.82) is 0 Å². The Morgan fingerprint density at radius 1 is 1.16 bits per heavy atom. The van der Waals surface area contributed by atoms with Gasteiger partial charge in [0.1, 0.15) is 0 Å². The van der Waals surface area contributed by atoms with E-state index in [1.165, 1.54) is 11.3 Å². The van der Waals surface area contributed by atoms with Crippen LogP contribution in [0.1, 0.15) is 5.56 Å². The maximum Gasteiger partial charge on any atom is 0.233 e. The number of amides is 1. The first-order chi connectivity index (χ1) is 12.3. The molecule has 3 aromatic rings. The molecule has 1 amide bonds. The minimum absolute atomic E-state index is 0.0304. The van der Waals surface area contributed by atoms with Crippen molar-refractivity contribution in [2.75, 3.05) is 25.2 Å².